The van der Waals surface area contributed by atoms with Crippen LogP contribution < -0.4 is 14.4 Å². The van der Waals surface area contributed by atoms with E-state index in [0.29, 0.717) is 17.4 Å². The Balaban J connectivity index is 1.23. The number of benzene rings is 1. The highest BCUT2D eigenvalue weighted by Gasteiger charge is 2.27. The number of amides is 1. The lowest BCUT2D eigenvalue weighted by Gasteiger charge is -2.39. The molecule has 31 heavy (non-hydrogen) atoms. The minimum atomic E-state index is 0.0514. The summed E-state index contributed by atoms with van der Waals surface area (Å²) in [7, 11) is 1.61. The highest BCUT2D eigenvalue weighted by atomic mass is 16.5. The molecule has 1 amide bonds. The van der Waals surface area contributed by atoms with E-state index in [9.17, 15) is 4.79 Å². The summed E-state index contributed by atoms with van der Waals surface area (Å²) in [6.07, 6.45) is 4.09. The number of piperazine rings is 1. The summed E-state index contributed by atoms with van der Waals surface area (Å²) < 4.78 is 11.0. The highest BCUT2D eigenvalue weighted by Crippen LogP contribution is 2.26. The fraction of sp³-hybridized carbons (Fsp3) is 0.500. The van der Waals surface area contributed by atoms with Crippen LogP contribution in [0.4, 0.5) is 5.82 Å². The molecule has 7 heteroatoms. The quantitative estimate of drug-likeness (QED) is 0.681. The van der Waals surface area contributed by atoms with Crippen LogP contribution in [0.2, 0.25) is 0 Å². The summed E-state index contributed by atoms with van der Waals surface area (Å²) in [4.78, 5) is 24.1. The first-order chi connectivity index (χ1) is 15.2. The third-order valence-electron chi connectivity index (χ3n) is 6.15. The first-order valence-corrected chi connectivity index (χ1v) is 11.1. The van der Waals surface area contributed by atoms with Gasteiger partial charge in [0.05, 0.1) is 7.11 Å². The zero-order chi connectivity index (χ0) is 21.5. The summed E-state index contributed by atoms with van der Waals surface area (Å²) >= 11 is 0. The Morgan fingerprint density at radius 3 is 2.55 bits per heavy atom. The zero-order valence-electron chi connectivity index (χ0n) is 18.3. The molecular weight excluding hydrogens is 392 g/mol. The SMILES string of the molecule is COc1ccccc1OCC(=O)N1CCCC(CN2CCN(c3ccccn3)CC2)C1. The van der Waals surface area contributed by atoms with E-state index in [-0.39, 0.29) is 12.5 Å². The Hall–Kier alpha value is -2.80. The number of anilines is 1. The largest absolute Gasteiger partial charge is 0.493 e. The number of carbonyl (C=O) groups excluding carboxylic acids is 1. The number of carbonyl (C=O) groups is 1. The summed E-state index contributed by atoms with van der Waals surface area (Å²) in [5.41, 5.74) is 0. The van der Waals surface area contributed by atoms with Crippen LogP contribution in [0.15, 0.2) is 48.7 Å². The number of nitrogens with zero attached hydrogens (tertiary/aromatic N) is 4. The van der Waals surface area contributed by atoms with Crippen molar-refractivity contribution in [1.29, 1.82) is 0 Å². The van der Waals surface area contributed by atoms with Crippen molar-refractivity contribution in [2.24, 2.45) is 5.92 Å². The number of hydrogen-bond donors (Lipinski definition) is 0. The molecule has 1 aromatic heterocycles. The van der Waals surface area contributed by atoms with Crippen molar-refractivity contribution in [2.75, 3.05) is 64.4 Å². The maximum Gasteiger partial charge on any atom is 0.260 e. The number of hydrogen-bond acceptors (Lipinski definition) is 6. The van der Waals surface area contributed by atoms with Gasteiger partial charge in [0.25, 0.3) is 5.91 Å². The van der Waals surface area contributed by atoms with Gasteiger partial charge in [-0.05, 0) is 43.0 Å². The minimum Gasteiger partial charge on any atom is -0.493 e. The molecule has 0 aliphatic carbocycles. The molecule has 7 nitrogen and oxygen atoms in total. The third-order valence-corrected chi connectivity index (χ3v) is 6.15. The van der Waals surface area contributed by atoms with E-state index in [4.69, 9.17) is 9.47 Å². The molecule has 0 bridgehead atoms. The van der Waals surface area contributed by atoms with Gasteiger partial charge in [-0.15, -0.1) is 0 Å². The van der Waals surface area contributed by atoms with Crippen molar-refractivity contribution in [3.05, 3.63) is 48.7 Å². The molecule has 166 valence electrons. The van der Waals surface area contributed by atoms with Crippen molar-refractivity contribution in [2.45, 2.75) is 12.8 Å². The fourth-order valence-electron chi connectivity index (χ4n) is 4.47. The smallest absolute Gasteiger partial charge is 0.260 e. The van der Waals surface area contributed by atoms with Gasteiger partial charge in [0, 0.05) is 52.0 Å². The second kappa shape index (κ2) is 10.5. The summed E-state index contributed by atoms with van der Waals surface area (Å²) in [5.74, 6) is 2.89. The number of piperidine rings is 1. The van der Waals surface area contributed by atoms with Gasteiger partial charge in [-0.25, -0.2) is 4.98 Å². The van der Waals surface area contributed by atoms with Crippen molar-refractivity contribution in [3.8, 4) is 11.5 Å². The molecule has 1 atom stereocenters. The monoisotopic (exact) mass is 424 g/mol. The molecule has 2 saturated heterocycles. The van der Waals surface area contributed by atoms with Crippen LogP contribution >= 0.6 is 0 Å². The number of rotatable bonds is 7. The van der Waals surface area contributed by atoms with Gasteiger partial charge in [0.1, 0.15) is 5.82 Å². The Morgan fingerprint density at radius 2 is 1.81 bits per heavy atom. The Labute approximate surface area is 184 Å². The van der Waals surface area contributed by atoms with E-state index in [1.165, 1.54) is 6.42 Å². The highest BCUT2D eigenvalue weighted by molar-refractivity contribution is 5.78. The predicted molar refractivity (Wildman–Crippen MR) is 121 cm³/mol. The third kappa shape index (κ3) is 5.67. The number of pyridine rings is 1. The van der Waals surface area contributed by atoms with Gasteiger partial charge >= 0.3 is 0 Å². The predicted octanol–water partition coefficient (Wildman–Crippen LogP) is 2.53. The second-order valence-electron chi connectivity index (χ2n) is 8.26. The molecule has 0 N–H and O–H groups in total. The first kappa shape index (κ1) is 21.4. The molecule has 1 aromatic carbocycles. The molecule has 0 radical (unpaired) electrons. The number of para-hydroxylation sites is 2. The van der Waals surface area contributed by atoms with E-state index in [0.717, 1.165) is 58.1 Å². The van der Waals surface area contributed by atoms with Crippen molar-refractivity contribution >= 4 is 11.7 Å². The normalized spacial score (nSPS) is 19.8. The van der Waals surface area contributed by atoms with Crippen LogP contribution in [0.1, 0.15) is 12.8 Å². The van der Waals surface area contributed by atoms with Crippen LogP contribution in [0.5, 0.6) is 11.5 Å². The van der Waals surface area contributed by atoms with Crippen molar-refractivity contribution < 1.29 is 14.3 Å². The lowest BCUT2D eigenvalue weighted by atomic mass is 9.97. The van der Waals surface area contributed by atoms with E-state index in [2.05, 4.69) is 20.9 Å². The average molecular weight is 425 g/mol. The Kier molecular flexibility index (Phi) is 7.25. The van der Waals surface area contributed by atoms with E-state index < -0.39 is 0 Å². The fourth-order valence-corrected chi connectivity index (χ4v) is 4.47. The lowest BCUT2D eigenvalue weighted by molar-refractivity contribution is -0.135. The molecule has 0 spiro atoms. The second-order valence-corrected chi connectivity index (χ2v) is 8.26. The summed E-state index contributed by atoms with van der Waals surface area (Å²) in [5, 5.41) is 0. The molecule has 0 saturated carbocycles. The van der Waals surface area contributed by atoms with Gasteiger partial charge in [0.2, 0.25) is 0 Å². The molecule has 4 rings (SSSR count). The van der Waals surface area contributed by atoms with Crippen LogP contribution in [0.25, 0.3) is 0 Å². The van der Waals surface area contributed by atoms with Gasteiger partial charge in [-0.2, -0.15) is 0 Å². The number of aromatic nitrogens is 1. The Morgan fingerprint density at radius 1 is 1.03 bits per heavy atom. The minimum absolute atomic E-state index is 0.0514. The molecular formula is C24H32N4O3. The maximum atomic E-state index is 12.7. The molecule has 1 unspecified atom stereocenters. The standard InChI is InChI=1S/C24H32N4O3/c1-30-21-8-2-3-9-22(21)31-19-24(29)28-12-6-7-20(18-28)17-26-13-15-27(16-14-26)23-10-4-5-11-25-23/h2-5,8-11,20H,6-7,12-19H2,1H3. The van der Waals surface area contributed by atoms with Crippen molar-refractivity contribution in [3.63, 3.8) is 0 Å². The Bertz CT molecular complexity index is 840. The molecule has 2 aromatic rings. The van der Waals surface area contributed by atoms with Crippen LogP contribution in [-0.2, 0) is 4.79 Å². The van der Waals surface area contributed by atoms with Gasteiger partial charge in [0.15, 0.2) is 18.1 Å². The summed E-state index contributed by atoms with van der Waals surface area (Å²) in [6.45, 7) is 6.81. The van der Waals surface area contributed by atoms with Crippen LogP contribution in [0, 0.1) is 5.92 Å². The van der Waals surface area contributed by atoms with Crippen LogP contribution in [-0.4, -0.2) is 80.2 Å². The van der Waals surface area contributed by atoms with E-state index in [1.807, 2.05) is 47.5 Å². The molecule has 2 aliphatic heterocycles. The molecule has 2 aliphatic rings. The van der Waals surface area contributed by atoms with Gasteiger partial charge in [-0.3, -0.25) is 9.69 Å². The van der Waals surface area contributed by atoms with E-state index in [1.54, 1.807) is 7.11 Å². The summed E-state index contributed by atoms with van der Waals surface area (Å²) in [6, 6.07) is 13.5. The average Bonchev–Trinajstić information content (AvgIpc) is 2.84. The molecule has 2 fully saturated rings. The van der Waals surface area contributed by atoms with Gasteiger partial charge < -0.3 is 19.3 Å². The lowest BCUT2D eigenvalue weighted by Crippen LogP contribution is -2.50. The first-order valence-electron chi connectivity index (χ1n) is 11.1. The zero-order valence-corrected chi connectivity index (χ0v) is 18.3. The number of methoxy groups -OCH3 is 1. The molecule has 3 heterocycles. The van der Waals surface area contributed by atoms with Gasteiger partial charge in [-0.1, -0.05) is 18.2 Å². The van der Waals surface area contributed by atoms with E-state index >= 15 is 0 Å². The topological polar surface area (TPSA) is 58.1 Å². The van der Waals surface area contributed by atoms with Crippen molar-refractivity contribution in [1.82, 2.24) is 14.8 Å². The van der Waals surface area contributed by atoms with Crippen LogP contribution in [0.3, 0.4) is 0 Å². The number of ether oxygens (including phenoxy) is 2. The maximum absolute atomic E-state index is 12.7. The number of likely N-dealkylation sites (tertiary alicyclic amines) is 1.